The molecule has 0 saturated heterocycles. The maximum atomic E-state index is 10.3. The van der Waals surface area contributed by atoms with E-state index in [0.717, 1.165) is 11.4 Å². The van der Waals surface area contributed by atoms with Crippen LogP contribution in [0.5, 0.6) is 0 Å². The molecular weight excluding hydrogens is 224 g/mol. The molecule has 3 nitrogen and oxygen atoms in total. The Morgan fingerprint density at radius 2 is 1.39 bits per heavy atom. The SMILES string of the molecule is CC(O)(CNc1ccccc1)Nc1ccccc1. The molecule has 3 N–H and O–H groups in total. The molecule has 0 saturated carbocycles. The second kappa shape index (κ2) is 5.56. The summed E-state index contributed by atoms with van der Waals surface area (Å²) < 4.78 is 0. The Balaban J connectivity index is 1.91. The molecule has 0 heterocycles. The summed E-state index contributed by atoms with van der Waals surface area (Å²) in [6.45, 7) is 2.17. The maximum Gasteiger partial charge on any atom is 0.150 e. The monoisotopic (exact) mass is 242 g/mol. The average Bonchev–Trinajstić information content (AvgIpc) is 2.38. The zero-order chi connectivity index (χ0) is 12.8. The second-order valence-electron chi connectivity index (χ2n) is 4.48. The molecule has 94 valence electrons. The van der Waals surface area contributed by atoms with Crippen molar-refractivity contribution in [1.82, 2.24) is 0 Å². The van der Waals surface area contributed by atoms with Crippen LogP contribution in [0.2, 0.25) is 0 Å². The van der Waals surface area contributed by atoms with Crippen LogP contribution in [-0.2, 0) is 0 Å². The van der Waals surface area contributed by atoms with Gasteiger partial charge in [-0.15, -0.1) is 0 Å². The molecule has 0 radical (unpaired) electrons. The van der Waals surface area contributed by atoms with Gasteiger partial charge in [0.25, 0.3) is 0 Å². The topological polar surface area (TPSA) is 44.3 Å². The quantitative estimate of drug-likeness (QED) is 0.706. The Hall–Kier alpha value is -2.00. The van der Waals surface area contributed by atoms with Crippen LogP contribution in [0.3, 0.4) is 0 Å². The summed E-state index contributed by atoms with van der Waals surface area (Å²) >= 11 is 0. The first-order chi connectivity index (χ1) is 8.66. The Bertz CT molecular complexity index is 468. The van der Waals surface area contributed by atoms with E-state index in [2.05, 4.69) is 10.6 Å². The first-order valence-electron chi connectivity index (χ1n) is 6.00. The molecular formula is C15H18N2O. The zero-order valence-corrected chi connectivity index (χ0v) is 10.4. The number of anilines is 2. The minimum Gasteiger partial charge on any atom is -0.380 e. The van der Waals surface area contributed by atoms with Gasteiger partial charge in [-0.2, -0.15) is 0 Å². The minimum absolute atomic E-state index is 0.423. The molecule has 18 heavy (non-hydrogen) atoms. The number of aliphatic hydroxyl groups is 1. The van der Waals surface area contributed by atoms with Crippen molar-refractivity contribution in [2.45, 2.75) is 12.6 Å². The number of hydrogen-bond donors (Lipinski definition) is 3. The largest absolute Gasteiger partial charge is 0.380 e. The van der Waals surface area contributed by atoms with E-state index >= 15 is 0 Å². The van der Waals surface area contributed by atoms with Crippen molar-refractivity contribution >= 4 is 11.4 Å². The summed E-state index contributed by atoms with van der Waals surface area (Å²) in [5.41, 5.74) is 0.891. The lowest BCUT2D eigenvalue weighted by atomic mass is 10.2. The molecule has 0 amide bonds. The number of para-hydroxylation sites is 2. The van der Waals surface area contributed by atoms with Crippen molar-refractivity contribution in [3.8, 4) is 0 Å². The molecule has 2 rings (SSSR count). The van der Waals surface area contributed by atoms with Gasteiger partial charge < -0.3 is 15.7 Å². The van der Waals surface area contributed by atoms with Gasteiger partial charge in [0.2, 0.25) is 0 Å². The van der Waals surface area contributed by atoms with Gasteiger partial charge in [0.15, 0.2) is 0 Å². The lowest BCUT2D eigenvalue weighted by Gasteiger charge is -2.26. The highest BCUT2D eigenvalue weighted by molar-refractivity contribution is 5.46. The molecule has 2 aromatic rings. The zero-order valence-electron chi connectivity index (χ0n) is 10.4. The van der Waals surface area contributed by atoms with Gasteiger partial charge in [-0.05, 0) is 31.2 Å². The van der Waals surface area contributed by atoms with Gasteiger partial charge in [-0.25, -0.2) is 0 Å². The van der Waals surface area contributed by atoms with E-state index in [1.807, 2.05) is 60.7 Å². The van der Waals surface area contributed by atoms with Crippen LogP contribution in [0, 0.1) is 0 Å². The molecule has 0 aliphatic carbocycles. The van der Waals surface area contributed by atoms with Crippen molar-refractivity contribution in [2.75, 3.05) is 17.2 Å². The van der Waals surface area contributed by atoms with E-state index < -0.39 is 5.72 Å². The number of hydrogen-bond acceptors (Lipinski definition) is 3. The predicted molar refractivity (Wildman–Crippen MR) is 75.6 cm³/mol. The van der Waals surface area contributed by atoms with Crippen molar-refractivity contribution in [3.63, 3.8) is 0 Å². The standard InChI is InChI=1S/C15H18N2O/c1-15(18,17-14-10-6-3-7-11-14)12-16-13-8-4-2-5-9-13/h2-11,16-18H,12H2,1H3. The van der Waals surface area contributed by atoms with Crippen LogP contribution in [-0.4, -0.2) is 17.4 Å². The van der Waals surface area contributed by atoms with Crippen molar-refractivity contribution in [1.29, 1.82) is 0 Å². The van der Waals surface area contributed by atoms with E-state index in [0.29, 0.717) is 6.54 Å². The first kappa shape index (κ1) is 12.5. The molecule has 2 aromatic carbocycles. The van der Waals surface area contributed by atoms with E-state index in [1.165, 1.54) is 0 Å². The summed E-state index contributed by atoms with van der Waals surface area (Å²) in [4.78, 5) is 0. The van der Waals surface area contributed by atoms with E-state index in [4.69, 9.17) is 0 Å². The summed E-state index contributed by atoms with van der Waals surface area (Å²) in [5, 5.41) is 16.5. The molecule has 0 aromatic heterocycles. The van der Waals surface area contributed by atoms with Crippen LogP contribution in [0.1, 0.15) is 6.92 Å². The Labute approximate surface area is 107 Å². The minimum atomic E-state index is -1.00. The summed E-state index contributed by atoms with van der Waals surface area (Å²) in [7, 11) is 0. The Morgan fingerprint density at radius 1 is 0.889 bits per heavy atom. The number of rotatable bonds is 5. The van der Waals surface area contributed by atoms with Gasteiger partial charge in [0.05, 0.1) is 6.54 Å². The lowest BCUT2D eigenvalue weighted by Crippen LogP contribution is -2.41. The smallest absolute Gasteiger partial charge is 0.150 e. The summed E-state index contributed by atoms with van der Waals surface area (Å²) in [6, 6.07) is 19.5. The van der Waals surface area contributed by atoms with E-state index in [1.54, 1.807) is 6.92 Å². The number of benzene rings is 2. The second-order valence-corrected chi connectivity index (χ2v) is 4.48. The highest BCUT2D eigenvalue weighted by Gasteiger charge is 2.19. The van der Waals surface area contributed by atoms with Crippen LogP contribution in [0.4, 0.5) is 11.4 Å². The van der Waals surface area contributed by atoms with Crippen molar-refractivity contribution in [3.05, 3.63) is 60.7 Å². The van der Waals surface area contributed by atoms with Crippen LogP contribution < -0.4 is 10.6 Å². The molecule has 0 spiro atoms. The fraction of sp³-hybridized carbons (Fsp3) is 0.200. The Kier molecular flexibility index (Phi) is 3.85. The molecule has 0 bridgehead atoms. The van der Waals surface area contributed by atoms with Gasteiger partial charge in [0.1, 0.15) is 5.72 Å². The molecule has 3 heteroatoms. The highest BCUT2D eigenvalue weighted by Crippen LogP contribution is 2.14. The van der Waals surface area contributed by atoms with Gasteiger partial charge in [-0.3, -0.25) is 0 Å². The predicted octanol–water partition coefficient (Wildman–Crippen LogP) is 2.92. The van der Waals surface area contributed by atoms with Gasteiger partial charge >= 0.3 is 0 Å². The van der Waals surface area contributed by atoms with Crippen LogP contribution in [0.25, 0.3) is 0 Å². The normalized spacial score (nSPS) is 13.7. The lowest BCUT2D eigenvalue weighted by molar-refractivity contribution is 0.104. The third-order valence-electron chi connectivity index (χ3n) is 2.60. The first-order valence-corrected chi connectivity index (χ1v) is 6.00. The molecule has 0 aliphatic heterocycles. The molecule has 0 aliphatic rings. The summed E-state index contributed by atoms with van der Waals surface area (Å²) in [5.74, 6) is 0. The number of nitrogens with one attached hydrogen (secondary N) is 2. The third kappa shape index (κ3) is 3.79. The van der Waals surface area contributed by atoms with E-state index in [9.17, 15) is 5.11 Å². The fourth-order valence-corrected chi connectivity index (χ4v) is 1.71. The third-order valence-corrected chi connectivity index (χ3v) is 2.60. The molecule has 1 unspecified atom stereocenters. The van der Waals surface area contributed by atoms with Crippen LogP contribution in [0.15, 0.2) is 60.7 Å². The highest BCUT2D eigenvalue weighted by atomic mass is 16.3. The van der Waals surface area contributed by atoms with Gasteiger partial charge in [0, 0.05) is 11.4 Å². The fourth-order valence-electron chi connectivity index (χ4n) is 1.71. The molecule has 0 fully saturated rings. The average molecular weight is 242 g/mol. The maximum absolute atomic E-state index is 10.3. The molecule has 1 atom stereocenters. The van der Waals surface area contributed by atoms with Crippen molar-refractivity contribution < 1.29 is 5.11 Å². The Morgan fingerprint density at radius 3 is 1.94 bits per heavy atom. The van der Waals surface area contributed by atoms with Gasteiger partial charge in [-0.1, -0.05) is 36.4 Å². The van der Waals surface area contributed by atoms with Crippen LogP contribution >= 0.6 is 0 Å². The van der Waals surface area contributed by atoms with E-state index in [-0.39, 0.29) is 0 Å². The van der Waals surface area contributed by atoms with Crippen molar-refractivity contribution in [2.24, 2.45) is 0 Å². The summed E-state index contributed by atoms with van der Waals surface area (Å²) in [6.07, 6.45) is 0.